The first-order chi connectivity index (χ1) is 19.5. The first kappa shape index (κ1) is 27.7. The summed E-state index contributed by atoms with van der Waals surface area (Å²) >= 11 is 3.30. The Hall–Kier alpha value is -3.88. The van der Waals surface area contributed by atoms with Gasteiger partial charge in [-0.15, -0.1) is 22.7 Å². The van der Waals surface area contributed by atoms with E-state index in [0.717, 1.165) is 49.3 Å². The minimum Gasteiger partial charge on any atom is -0.494 e. The van der Waals surface area contributed by atoms with Crippen molar-refractivity contribution < 1.29 is 19.4 Å². The smallest absolute Gasteiger partial charge is 0.306 e. The molecule has 1 N–H and O–H groups in total. The van der Waals surface area contributed by atoms with Crippen LogP contribution < -0.4 is 9.47 Å². The van der Waals surface area contributed by atoms with Gasteiger partial charge in [0.15, 0.2) is 0 Å². The lowest BCUT2D eigenvalue weighted by molar-refractivity contribution is -0.141. The molecular formula is C32H32N2O4S2. The molecule has 0 saturated heterocycles. The van der Waals surface area contributed by atoms with E-state index in [-0.39, 0.29) is 0 Å². The van der Waals surface area contributed by atoms with Gasteiger partial charge in [0, 0.05) is 35.9 Å². The van der Waals surface area contributed by atoms with E-state index in [1.165, 1.54) is 0 Å². The second-order valence-electron chi connectivity index (χ2n) is 9.54. The Morgan fingerprint density at radius 1 is 1.00 bits per heavy atom. The normalized spacial score (nSPS) is 11.8. The van der Waals surface area contributed by atoms with Gasteiger partial charge in [-0.3, -0.25) is 4.79 Å². The predicted molar refractivity (Wildman–Crippen MR) is 161 cm³/mol. The van der Waals surface area contributed by atoms with Crippen molar-refractivity contribution in [3.8, 4) is 32.5 Å². The van der Waals surface area contributed by atoms with Crippen LogP contribution in [0.15, 0.2) is 83.8 Å². The minimum atomic E-state index is -0.761. The van der Waals surface area contributed by atoms with Gasteiger partial charge in [0.1, 0.15) is 23.1 Å². The number of ether oxygens (including phenoxy) is 2. The number of hydrogen-bond acceptors (Lipinski definition) is 6. The molecule has 0 aliphatic rings. The van der Waals surface area contributed by atoms with E-state index in [2.05, 4.69) is 40.5 Å². The van der Waals surface area contributed by atoms with Crippen LogP contribution in [0, 0.1) is 5.92 Å². The predicted octanol–water partition coefficient (Wildman–Crippen LogP) is 8.02. The fraction of sp³-hybridized carbons (Fsp3) is 0.250. The second kappa shape index (κ2) is 13.0. The largest absolute Gasteiger partial charge is 0.494 e. The van der Waals surface area contributed by atoms with Gasteiger partial charge >= 0.3 is 5.97 Å². The van der Waals surface area contributed by atoms with Gasteiger partial charge in [-0.1, -0.05) is 43.3 Å². The SMILES string of the molecule is CCOc1cc(Cn2cc(CC(CC)C(=O)O)c(-c3ccccc3)c2)cc(OCc2csc(-c3cccs3)n2)c1. The highest BCUT2D eigenvalue weighted by Gasteiger charge is 2.20. The van der Waals surface area contributed by atoms with Gasteiger partial charge < -0.3 is 19.1 Å². The number of nitrogens with zero attached hydrogens (tertiary/aromatic N) is 2. The van der Waals surface area contributed by atoms with Crippen LogP contribution >= 0.6 is 22.7 Å². The molecule has 206 valence electrons. The van der Waals surface area contributed by atoms with Crippen molar-refractivity contribution >= 4 is 28.6 Å². The van der Waals surface area contributed by atoms with Gasteiger partial charge in [-0.25, -0.2) is 4.98 Å². The number of thiazole rings is 1. The zero-order valence-electron chi connectivity index (χ0n) is 22.6. The molecule has 3 aromatic heterocycles. The van der Waals surface area contributed by atoms with E-state index in [9.17, 15) is 9.90 Å². The van der Waals surface area contributed by atoms with Crippen LogP contribution in [0.1, 0.15) is 37.1 Å². The van der Waals surface area contributed by atoms with Crippen LogP contribution in [0.3, 0.4) is 0 Å². The summed E-state index contributed by atoms with van der Waals surface area (Å²) in [4.78, 5) is 17.7. The van der Waals surface area contributed by atoms with Crippen molar-refractivity contribution in [2.24, 2.45) is 5.92 Å². The molecule has 0 aliphatic heterocycles. The Morgan fingerprint density at radius 2 is 1.80 bits per heavy atom. The van der Waals surface area contributed by atoms with Crippen molar-refractivity contribution in [3.63, 3.8) is 0 Å². The molecule has 8 heteroatoms. The molecule has 0 spiro atoms. The number of carbonyl (C=O) groups is 1. The molecule has 40 heavy (non-hydrogen) atoms. The number of carboxylic acids is 1. The van der Waals surface area contributed by atoms with Crippen LogP contribution in [-0.4, -0.2) is 27.2 Å². The molecule has 5 aromatic rings. The number of aliphatic carboxylic acids is 1. The lowest BCUT2D eigenvalue weighted by atomic mass is 9.94. The van der Waals surface area contributed by atoms with Gasteiger partial charge in [-0.05, 0) is 60.0 Å². The first-order valence-corrected chi connectivity index (χ1v) is 15.1. The topological polar surface area (TPSA) is 73.6 Å². The zero-order chi connectivity index (χ0) is 27.9. The Kier molecular flexibility index (Phi) is 8.98. The second-order valence-corrected chi connectivity index (χ2v) is 11.3. The summed E-state index contributed by atoms with van der Waals surface area (Å²) in [5, 5.41) is 14.8. The number of rotatable bonds is 13. The van der Waals surface area contributed by atoms with Gasteiger partial charge in [-0.2, -0.15) is 0 Å². The highest BCUT2D eigenvalue weighted by molar-refractivity contribution is 7.20. The Labute approximate surface area is 242 Å². The summed E-state index contributed by atoms with van der Waals surface area (Å²) in [5.41, 5.74) is 5.09. The molecule has 0 fully saturated rings. The monoisotopic (exact) mass is 572 g/mol. The van der Waals surface area contributed by atoms with Crippen LogP contribution in [0.25, 0.3) is 21.0 Å². The number of hydrogen-bond donors (Lipinski definition) is 1. The molecule has 0 amide bonds. The Bertz CT molecular complexity index is 1540. The van der Waals surface area contributed by atoms with Gasteiger partial charge in [0.05, 0.1) is 23.1 Å². The quantitative estimate of drug-likeness (QED) is 0.155. The highest BCUT2D eigenvalue weighted by Crippen LogP contribution is 2.31. The molecule has 1 atom stereocenters. The van der Waals surface area contributed by atoms with Crippen LogP contribution in [-0.2, 0) is 24.4 Å². The van der Waals surface area contributed by atoms with Crippen molar-refractivity contribution in [2.75, 3.05) is 6.61 Å². The van der Waals surface area contributed by atoms with Crippen LogP contribution in [0.2, 0.25) is 0 Å². The molecule has 5 rings (SSSR count). The summed E-state index contributed by atoms with van der Waals surface area (Å²) in [6.45, 7) is 5.41. The summed E-state index contributed by atoms with van der Waals surface area (Å²) in [6.07, 6.45) is 5.24. The van der Waals surface area contributed by atoms with E-state index in [1.54, 1.807) is 22.7 Å². The average Bonchev–Trinajstić information content (AvgIpc) is 3.72. The summed E-state index contributed by atoms with van der Waals surface area (Å²) in [6, 6.07) is 20.2. The minimum absolute atomic E-state index is 0.371. The number of thiophene rings is 1. The van der Waals surface area contributed by atoms with E-state index in [4.69, 9.17) is 14.5 Å². The first-order valence-electron chi connectivity index (χ1n) is 13.4. The molecule has 0 aliphatic carbocycles. The lowest BCUT2D eigenvalue weighted by Crippen LogP contribution is -2.15. The van der Waals surface area contributed by atoms with Crippen LogP contribution in [0.4, 0.5) is 0 Å². The summed E-state index contributed by atoms with van der Waals surface area (Å²) in [7, 11) is 0. The fourth-order valence-electron chi connectivity index (χ4n) is 4.67. The molecule has 0 radical (unpaired) electrons. The van der Waals surface area contributed by atoms with Crippen molar-refractivity contribution in [1.82, 2.24) is 9.55 Å². The van der Waals surface area contributed by atoms with E-state index in [0.29, 0.717) is 32.6 Å². The molecule has 1 unspecified atom stereocenters. The summed E-state index contributed by atoms with van der Waals surface area (Å²) < 4.78 is 14.1. The zero-order valence-corrected chi connectivity index (χ0v) is 24.2. The van der Waals surface area contributed by atoms with Crippen LogP contribution in [0.5, 0.6) is 11.5 Å². The van der Waals surface area contributed by atoms with Gasteiger partial charge in [0.2, 0.25) is 0 Å². The lowest BCUT2D eigenvalue weighted by Gasteiger charge is -2.12. The third kappa shape index (κ3) is 6.81. The number of aromatic nitrogens is 2. The Morgan fingerprint density at radius 3 is 2.50 bits per heavy atom. The highest BCUT2D eigenvalue weighted by atomic mass is 32.1. The maximum Gasteiger partial charge on any atom is 0.306 e. The maximum atomic E-state index is 11.8. The third-order valence-electron chi connectivity index (χ3n) is 6.64. The number of benzene rings is 2. The van der Waals surface area contributed by atoms with E-state index >= 15 is 0 Å². The standard InChI is InChI=1S/C32H32N2O4S2/c1-3-23(32(35)36)15-25-18-34(19-29(25)24-9-6-5-7-10-24)17-22-13-27(37-4-2)16-28(14-22)38-20-26-21-40-31(33-26)30-11-8-12-39-30/h5-14,16,18-19,21,23H,3-4,15,17,20H2,1-2H3,(H,35,36). The molecule has 6 nitrogen and oxygen atoms in total. The maximum absolute atomic E-state index is 11.8. The Balaban J connectivity index is 1.38. The summed E-state index contributed by atoms with van der Waals surface area (Å²) in [5.74, 6) is 0.285. The number of carboxylic acid groups (broad SMARTS) is 1. The fourth-order valence-corrected chi connectivity index (χ4v) is 6.29. The molecule has 3 heterocycles. The van der Waals surface area contributed by atoms with E-state index < -0.39 is 11.9 Å². The molecular weight excluding hydrogens is 540 g/mol. The molecule has 0 bridgehead atoms. The van der Waals surface area contributed by atoms with Crippen molar-refractivity contribution in [1.29, 1.82) is 0 Å². The molecule has 2 aromatic carbocycles. The average molecular weight is 573 g/mol. The molecule has 0 saturated carbocycles. The third-order valence-corrected chi connectivity index (χ3v) is 8.57. The van der Waals surface area contributed by atoms with Crippen molar-refractivity contribution in [2.45, 2.75) is 39.8 Å². The van der Waals surface area contributed by atoms with Crippen molar-refractivity contribution in [3.05, 3.63) is 101 Å². The van der Waals surface area contributed by atoms with Gasteiger partial charge in [0.25, 0.3) is 0 Å². The van der Waals surface area contributed by atoms with E-state index in [1.807, 2.05) is 61.7 Å².